The Morgan fingerprint density at radius 2 is 2.03 bits per heavy atom. The Kier molecular flexibility index (Phi) is 7.88. The summed E-state index contributed by atoms with van der Waals surface area (Å²) in [5.41, 5.74) is 3.82. The summed E-state index contributed by atoms with van der Waals surface area (Å²) in [5.74, 6) is 1.09. The summed E-state index contributed by atoms with van der Waals surface area (Å²) in [6, 6.07) is 11.9. The third-order valence-corrected chi connectivity index (χ3v) is 5.34. The Morgan fingerprint density at radius 1 is 1.27 bits per heavy atom. The fourth-order valence-electron chi connectivity index (χ4n) is 3.30. The first kappa shape index (κ1) is 22.3. The Balaban J connectivity index is 1.83. The van der Waals surface area contributed by atoms with Gasteiger partial charge >= 0.3 is 0 Å². The van der Waals surface area contributed by atoms with E-state index in [1.165, 1.54) is 0 Å². The molecule has 0 radical (unpaired) electrons. The number of carbonyl (C=O) groups is 1. The third kappa shape index (κ3) is 6.07. The van der Waals surface area contributed by atoms with Crippen LogP contribution in [0.25, 0.3) is 5.57 Å². The van der Waals surface area contributed by atoms with Crippen molar-refractivity contribution in [3.63, 3.8) is 0 Å². The predicted molar refractivity (Wildman–Crippen MR) is 120 cm³/mol. The Labute approximate surface area is 183 Å². The van der Waals surface area contributed by atoms with Gasteiger partial charge in [-0.3, -0.25) is 4.79 Å². The number of rotatable bonds is 9. The zero-order valence-corrected chi connectivity index (χ0v) is 18.5. The number of halogens is 1. The molecule has 5 nitrogen and oxygen atoms in total. The van der Waals surface area contributed by atoms with E-state index < -0.39 is 0 Å². The number of nitrogens with zero attached hydrogens (tertiary/aromatic N) is 1. The molecule has 1 atom stereocenters. The number of carbonyl (C=O) groups excluding carboxylic acids is 1. The van der Waals surface area contributed by atoms with Crippen LogP contribution in [0.3, 0.4) is 0 Å². The van der Waals surface area contributed by atoms with Crippen LogP contribution in [-0.4, -0.2) is 30.6 Å². The average Bonchev–Trinajstić information content (AvgIpc) is 3.15. The van der Waals surface area contributed by atoms with E-state index >= 15 is 0 Å². The number of methoxy groups -OCH3 is 1. The molecule has 160 valence electrons. The van der Waals surface area contributed by atoms with Gasteiger partial charge in [-0.2, -0.15) is 0 Å². The fraction of sp³-hybridized carbons (Fsp3) is 0.417. The van der Waals surface area contributed by atoms with Crippen LogP contribution >= 0.6 is 11.6 Å². The second-order valence-corrected chi connectivity index (χ2v) is 8.32. The van der Waals surface area contributed by atoms with Crippen molar-refractivity contribution in [2.45, 2.75) is 45.8 Å². The molecule has 1 N–H and O–H groups in total. The number of benzene rings is 1. The number of hydrogen-bond donors (Lipinski definition) is 1. The van der Waals surface area contributed by atoms with Crippen LogP contribution in [0.1, 0.15) is 49.9 Å². The first-order chi connectivity index (χ1) is 14.5. The first-order valence-electron chi connectivity index (χ1n) is 10.4. The van der Waals surface area contributed by atoms with Crippen LogP contribution in [0.4, 0.5) is 0 Å². The lowest BCUT2D eigenvalue weighted by Gasteiger charge is -2.14. The molecule has 2 heterocycles. The van der Waals surface area contributed by atoms with Crippen LogP contribution < -0.4 is 10.1 Å². The molecule has 1 aliphatic heterocycles. The molecule has 1 amide bonds. The topological polar surface area (TPSA) is 60.5 Å². The molecule has 1 saturated heterocycles. The van der Waals surface area contributed by atoms with Gasteiger partial charge in [0.15, 0.2) is 0 Å². The molecule has 6 heteroatoms. The molecule has 1 fully saturated rings. The SMILES string of the molecule is COc1nc(C(=C[C@H]2CCC(=O)N2)c2ccc(COCCC(C)C)cc2)ccc1Cl. The van der Waals surface area contributed by atoms with E-state index in [9.17, 15) is 4.79 Å². The standard InChI is InChI=1S/C24H29ClN2O3/c1-16(2)12-13-30-15-17-4-6-18(7-5-17)20(14-19-8-11-23(28)26-19)22-10-9-21(25)24(27-22)29-3/h4-7,9-10,14,16,19H,8,11-13,15H2,1-3H3,(H,26,28)/t19-/m1/s1. The van der Waals surface area contributed by atoms with Gasteiger partial charge in [0.2, 0.25) is 11.8 Å². The van der Waals surface area contributed by atoms with Crippen molar-refractivity contribution in [1.29, 1.82) is 0 Å². The first-order valence-corrected chi connectivity index (χ1v) is 10.7. The molecule has 1 aromatic carbocycles. The summed E-state index contributed by atoms with van der Waals surface area (Å²) in [6.07, 6.45) is 4.43. The molecule has 0 bridgehead atoms. The summed E-state index contributed by atoms with van der Waals surface area (Å²) in [7, 11) is 1.55. The van der Waals surface area contributed by atoms with Crippen molar-refractivity contribution in [3.8, 4) is 5.88 Å². The highest BCUT2D eigenvalue weighted by Crippen LogP contribution is 2.29. The minimum atomic E-state index is -0.0185. The highest BCUT2D eigenvalue weighted by molar-refractivity contribution is 6.31. The van der Waals surface area contributed by atoms with Gasteiger partial charge in [-0.1, -0.05) is 55.8 Å². The van der Waals surface area contributed by atoms with E-state index in [4.69, 9.17) is 21.1 Å². The highest BCUT2D eigenvalue weighted by Gasteiger charge is 2.21. The Bertz CT molecular complexity index is 894. The van der Waals surface area contributed by atoms with E-state index in [1.54, 1.807) is 13.2 Å². The predicted octanol–water partition coefficient (Wildman–Crippen LogP) is 5.02. The van der Waals surface area contributed by atoms with Crippen molar-refractivity contribution < 1.29 is 14.3 Å². The maximum Gasteiger partial charge on any atom is 0.232 e. The minimum absolute atomic E-state index is 0.0185. The van der Waals surface area contributed by atoms with E-state index in [-0.39, 0.29) is 11.9 Å². The van der Waals surface area contributed by atoms with Gasteiger partial charge in [-0.15, -0.1) is 0 Å². The molecular formula is C24H29ClN2O3. The zero-order chi connectivity index (χ0) is 21.5. The number of pyridine rings is 1. The lowest BCUT2D eigenvalue weighted by atomic mass is 9.98. The Morgan fingerprint density at radius 3 is 2.67 bits per heavy atom. The fourth-order valence-corrected chi connectivity index (χ4v) is 3.48. The van der Waals surface area contributed by atoms with E-state index in [0.717, 1.165) is 41.8 Å². The maximum atomic E-state index is 11.7. The quantitative estimate of drug-likeness (QED) is 0.570. The number of amides is 1. The molecule has 0 aliphatic carbocycles. The molecule has 1 aromatic heterocycles. The van der Waals surface area contributed by atoms with E-state index in [2.05, 4.69) is 54.5 Å². The molecule has 0 unspecified atom stereocenters. The van der Waals surface area contributed by atoms with Crippen molar-refractivity contribution >= 4 is 23.1 Å². The van der Waals surface area contributed by atoms with Crippen LogP contribution in [-0.2, 0) is 16.1 Å². The number of nitrogens with one attached hydrogen (secondary N) is 1. The Hall–Kier alpha value is -2.37. The second-order valence-electron chi connectivity index (χ2n) is 7.91. The third-order valence-electron chi connectivity index (χ3n) is 5.05. The smallest absolute Gasteiger partial charge is 0.232 e. The molecule has 30 heavy (non-hydrogen) atoms. The minimum Gasteiger partial charge on any atom is -0.480 e. The van der Waals surface area contributed by atoms with Crippen molar-refractivity contribution in [1.82, 2.24) is 10.3 Å². The summed E-state index contributed by atoms with van der Waals surface area (Å²) in [6.45, 7) is 5.75. The van der Waals surface area contributed by atoms with Gasteiger partial charge in [-0.05, 0) is 42.0 Å². The van der Waals surface area contributed by atoms with Crippen molar-refractivity contribution in [2.24, 2.45) is 5.92 Å². The van der Waals surface area contributed by atoms with Gasteiger partial charge in [-0.25, -0.2) is 4.98 Å². The number of hydrogen-bond acceptors (Lipinski definition) is 4. The summed E-state index contributed by atoms with van der Waals surface area (Å²) in [4.78, 5) is 16.2. The van der Waals surface area contributed by atoms with Gasteiger partial charge in [0.25, 0.3) is 0 Å². The van der Waals surface area contributed by atoms with E-state index in [0.29, 0.717) is 29.8 Å². The molecule has 0 saturated carbocycles. The van der Waals surface area contributed by atoms with Crippen molar-refractivity contribution in [3.05, 3.63) is 64.3 Å². The summed E-state index contributed by atoms with van der Waals surface area (Å²) < 4.78 is 11.1. The lowest BCUT2D eigenvalue weighted by molar-refractivity contribution is -0.119. The maximum absolute atomic E-state index is 11.7. The number of aromatic nitrogens is 1. The normalized spacial score (nSPS) is 16.8. The monoisotopic (exact) mass is 428 g/mol. The summed E-state index contributed by atoms with van der Waals surface area (Å²) >= 11 is 6.16. The molecule has 0 spiro atoms. The molecular weight excluding hydrogens is 400 g/mol. The van der Waals surface area contributed by atoms with Crippen molar-refractivity contribution in [2.75, 3.05) is 13.7 Å². The molecule has 2 aromatic rings. The second kappa shape index (κ2) is 10.6. The summed E-state index contributed by atoms with van der Waals surface area (Å²) in [5, 5.41) is 3.46. The number of ether oxygens (including phenoxy) is 2. The zero-order valence-electron chi connectivity index (χ0n) is 17.8. The van der Waals surface area contributed by atoms with Gasteiger partial charge in [0, 0.05) is 24.6 Å². The van der Waals surface area contributed by atoms with Gasteiger partial charge < -0.3 is 14.8 Å². The largest absolute Gasteiger partial charge is 0.480 e. The van der Waals surface area contributed by atoms with Gasteiger partial charge in [0.1, 0.15) is 5.02 Å². The average molecular weight is 429 g/mol. The molecule has 1 aliphatic rings. The lowest BCUT2D eigenvalue weighted by Crippen LogP contribution is -2.23. The van der Waals surface area contributed by atoms with Crippen LogP contribution in [0, 0.1) is 5.92 Å². The van der Waals surface area contributed by atoms with Crippen LogP contribution in [0.5, 0.6) is 5.88 Å². The van der Waals surface area contributed by atoms with Crippen LogP contribution in [0.15, 0.2) is 42.5 Å². The van der Waals surface area contributed by atoms with Crippen LogP contribution in [0.2, 0.25) is 5.02 Å². The van der Waals surface area contributed by atoms with Gasteiger partial charge in [0.05, 0.1) is 19.4 Å². The molecule has 3 rings (SSSR count). The van der Waals surface area contributed by atoms with E-state index in [1.807, 2.05) is 6.07 Å². The highest BCUT2D eigenvalue weighted by atomic mass is 35.5.